The van der Waals surface area contributed by atoms with Crippen LogP contribution in [0.2, 0.25) is 0 Å². The van der Waals surface area contributed by atoms with E-state index in [1.54, 1.807) is 6.07 Å². The molecule has 1 atom stereocenters. The smallest absolute Gasteiger partial charge is 0.249 e. The van der Waals surface area contributed by atoms with E-state index >= 15 is 0 Å². The first-order chi connectivity index (χ1) is 16.4. The lowest BCUT2D eigenvalue weighted by Gasteiger charge is -2.21. The van der Waals surface area contributed by atoms with Gasteiger partial charge in [0.25, 0.3) is 0 Å². The van der Waals surface area contributed by atoms with Crippen molar-refractivity contribution in [2.24, 2.45) is 16.6 Å². The van der Waals surface area contributed by atoms with Gasteiger partial charge in [-0.2, -0.15) is 4.99 Å². The van der Waals surface area contributed by atoms with Crippen LogP contribution in [0.1, 0.15) is 30.4 Å². The maximum atomic E-state index is 13.7. The van der Waals surface area contributed by atoms with Crippen LogP contribution in [-0.4, -0.2) is 44.1 Å². The van der Waals surface area contributed by atoms with Crippen molar-refractivity contribution in [3.8, 4) is 5.75 Å². The Labute approximate surface area is 198 Å². The van der Waals surface area contributed by atoms with Gasteiger partial charge < -0.3 is 25.8 Å². The van der Waals surface area contributed by atoms with E-state index in [4.69, 9.17) is 15.2 Å². The Morgan fingerprint density at radius 3 is 2.62 bits per heavy atom. The van der Waals surface area contributed by atoms with Gasteiger partial charge in [-0.05, 0) is 42.0 Å². The third-order valence-corrected chi connectivity index (χ3v) is 5.65. The van der Waals surface area contributed by atoms with Crippen LogP contribution < -0.4 is 21.1 Å². The zero-order chi connectivity index (χ0) is 24.3. The van der Waals surface area contributed by atoms with Crippen LogP contribution in [0.25, 0.3) is 0 Å². The average molecular weight is 471 g/mol. The first-order valence-electron chi connectivity index (χ1n) is 11.3. The van der Waals surface area contributed by atoms with Crippen LogP contribution >= 0.6 is 0 Å². The highest BCUT2D eigenvalue weighted by Gasteiger charge is 2.21. The summed E-state index contributed by atoms with van der Waals surface area (Å²) in [5, 5.41) is 5.71. The third-order valence-electron chi connectivity index (χ3n) is 5.65. The summed E-state index contributed by atoms with van der Waals surface area (Å²) in [5.41, 5.74) is 7.58. The summed E-state index contributed by atoms with van der Waals surface area (Å²) in [4.78, 5) is 29.3. The van der Waals surface area contributed by atoms with Crippen molar-refractivity contribution in [2.45, 2.75) is 38.3 Å². The highest BCUT2D eigenvalue weighted by molar-refractivity contribution is 5.95. The predicted octanol–water partition coefficient (Wildman–Crippen LogP) is 2.31. The van der Waals surface area contributed by atoms with Crippen molar-refractivity contribution < 1.29 is 23.5 Å². The van der Waals surface area contributed by atoms with Crippen molar-refractivity contribution in [3.63, 3.8) is 0 Å². The minimum absolute atomic E-state index is 0.100. The van der Waals surface area contributed by atoms with Crippen molar-refractivity contribution in [2.75, 3.05) is 20.3 Å². The molecule has 1 aliphatic heterocycles. The molecule has 1 heterocycles. The number of guanidine groups is 1. The average Bonchev–Trinajstić information content (AvgIpc) is 2.84. The van der Waals surface area contributed by atoms with Crippen molar-refractivity contribution >= 4 is 17.8 Å². The maximum Gasteiger partial charge on any atom is 0.249 e. The maximum absolute atomic E-state index is 13.7. The number of rotatable bonds is 9. The minimum atomic E-state index is -0.760. The highest BCUT2D eigenvalue weighted by atomic mass is 19.1. The number of halogens is 1. The quantitative estimate of drug-likeness (QED) is 0.383. The topological polar surface area (TPSA) is 115 Å². The Bertz CT molecular complexity index is 994. The van der Waals surface area contributed by atoms with Crippen LogP contribution in [0, 0.1) is 11.7 Å². The van der Waals surface area contributed by atoms with Gasteiger partial charge in [-0.25, -0.2) is 4.39 Å². The molecule has 0 radical (unpaired) electrons. The first kappa shape index (κ1) is 25.2. The van der Waals surface area contributed by atoms with Crippen molar-refractivity contribution in [1.29, 1.82) is 0 Å². The molecule has 182 valence electrons. The van der Waals surface area contributed by atoms with E-state index in [1.807, 2.05) is 30.3 Å². The van der Waals surface area contributed by atoms with Gasteiger partial charge in [-0.1, -0.05) is 36.4 Å². The van der Waals surface area contributed by atoms with Gasteiger partial charge >= 0.3 is 0 Å². The van der Waals surface area contributed by atoms with E-state index in [-0.39, 0.29) is 36.0 Å². The van der Waals surface area contributed by atoms with Gasteiger partial charge in [0.1, 0.15) is 6.04 Å². The largest absolute Gasteiger partial charge is 0.494 e. The van der Waals surface area contributed by atoms with Crippen LogP contribution in [0.3, 0.4) is 0 Å². The molecule has 1 saturated heterocycles. The summed E-state index contributed by atoms with van der Waals surface area (Å²) in [6.45, 7) is 1.46. The summed E-state index contributed by atoms with van der Waals surface area (Å²) in [5.74, 6) is -0.900. The Kier molecular flexibility index (Phi) is 9.40. The van der Waals surface area contributed by atoms with Crippen LogP contribution in [-0.2, 0) is 27.3 Å². The number of carbonyl (C=O) groups excluding carboxylic acids is 2. The fraction of sp³-hybridized carbons (Fsp3) is 0.400. The molecule has 0 aliphatic carbocycles. The monoisotopic (exact) mass is 470 g/mol. The molecule has 3 rings (SSSR count). The van der Waals surface area contributed by atoms with Crippen LogP contribution in [0.4, 0.5) is 4.39 Å². The summed E-state index contributed by atoms with van der Waals surface area (Å²) in [6.07, 6.45) is 2.28. The minimum Gasteiger partial charge on any atom is -0.494 e. The lowest BCUT2D eigenvalue weighted by Crippen LogP contribution is -2.50. The molecule has 0 saturated carbocycles. The number of hydrogen-bond acceptors (Lipinski definition) is 4. The standard InChI is InChI=1S/C25H31FN4O4/c1-33-22-14-19(7-8-20(22)26)16-28-24(32)21(13-17-5-3-2-4-6-17)29-25(27)30-23(31)15-18-9-11-34-12-10-18/h2-8,14,18,21H,9-13,15-16H2,1H3,(H,28,32)(H3,27,29,30,31). The summed E-state index contributed by atoms with van der Waals surface area (Å²) in [7, 11) is 1.38. The van der Waals surface area contributed by atoms with Gasteiger partial charge in [0.2, 0.25) is 11.8 Å². The number of hydrogen-bond donors (Lipinski definition) is 3. The van der Waals surface area contributed by atoms with Crippen LogP contribution in [0.15, 0.2) is 53.5 Å². The molecule has 0 bridgehead atoms. The fourth-order valence-electron chi connectivity index (χ4n) is 3.77. The molecule has 1 aliphatic rings. The molecular weight excluding hydrogens is 439 g/mol. The third kappa shape index (κ3) is 7.84. The Hall–Kier alpha value is -3.46. The number of amides is 2. The van der Waals surface area contributed by atoms with Gasteiger partial charge in [-0.15, -0.1) is 0 Å². The van der Waals surface area contributed by atoms with E-state index in [9.17, 15) is 14.0 Å². The van der Waals surface area contributed by atoms with Gasteiger partial charge in [0.05, 0.1) is 7.11 Å². The van der Waals surface area contributed by atoms with E-state index in [0.717, 1.165) is 18.4 Å². The zero-order valence-electron chi connectivity index (χ0n) is 19.3. The van der Waals surface area contributed by atoms with Gasteiger partial charge in [0.15, 0.2) is 17.5 Å². The molecular formula is C25H31FN4O4. The second-order valence-electron chi connectivity index (χ2n) is 8.22. The number of nitrogens with one attached hydrogen (secondary N) is 2. The summed E-state index contributed by atoms with van der Waals surface area (Å²) in [6, 6.07) is 13.1. The lowest BCUT2D eigenvalue weighted by atomic mass is 9.96. The van der Waals surface area contributed by atoms with Crippen molar-refractivity contribution in [1.82, 2.24) is 10.6 Å². The van der Waals surface area contributed by atoms with Crippen LogP contribution in [0.5, 0.6) is 5.75 Å². The second kappa shape index (κ2) is 12.7. The molecule has 2 aromatic rings. The molecule has 0 spiro atoms. The van der Waals surface area contributed by atoms with E-state index < -0.39 is 11.9 Å². The number of benzene rings is 2. The lowest BCUT2D eigenvalue weighted by molar-refractivity contribution is -0.123. The predicted molar refractivity (Wildman–Crippen MR) is 127 cm³/mol. The van der Waals surface area contributed by atoms with Crippen molar-refractivity contribution in [3.05, 3.63) is 65.5 Å². The van der Waals surface area contributed by atoms with E-state index in [0.29, 0.717) is 31.6 Å². The molecule has 9 heteroatoms. The van der Waals surface area contributed by atoms with Gasteiger partial charge in [0, 0.05) is 32.6 Å². The Morgan fingerprint density at radius 1 is 1.18 bits per heavy atom. The number of nitrogens with two attached hydrogens (primary N) is 1. The molecule has 8 nitrogen and oxygen atoms in total. The SMILES string of the molecule is COc1cc(CNC(=O)C(Cc2ccccc2)NC(N)=NC(=O)CC2CCOCC2)ccc1F. The number of carbonyl (C=O) groups is 2. The number of methoxy groups -OCH3 is 1. The fourth-order valence-corrected chi connectivity index (χ4v) is 3.77. The highest BCUT2D eigenvalue weighted by Crippen LogP contribution is 2.19. The number of aliphatic imine (C=N–C) groups is 1. The second-order valence-corrected chi connectivity index (χ2v) is 8.22. The van der Waals surface area contributed by atoms with E-state index in [2.05, 4.69) is 15.6 Å². The van der Waals surface area contributed by atoms with E-state index in [1.165, 1.54) is 19.2 Å². The molecule has 2 aromatic carbocycles. The zero-order valence-corrected chi connectivity index (χ0v) is 19.3. The number of nitrogens with zero attached hydrogens (tertiary/aromatic N) is 1. The number of ether oxygens (including phenoxy) is 2. The van der Waals surface area contributed by atoms with Gasteiger partial charge in [-0.3, -0.25) is 9.59 Å². The summed E-state index contributed by atoms with van der Waals surface area (Å²) < 4.78 is 24.0. The Morgan fingerprint density at radius 2 is 1.91 bits per heavy atom. The normalized spacial score (nSPS) is 15.4. The molecule has 1 unspecified atom stereocenters. The molecule has 1 fully saturated rings. The summed E-state index contributed by atoms with van der Waals surface area (Å²) >= 11 is 0. The molecule has 34 heavy (non-hydrogen) atoms. The molecule has 4 N–H and O–H groups in total. The molecule has 0 aromatic heterocycles. The Balaban J connectivity index is 1.64. The first-order valence-corrected chi connectivity index (χ1v) is 11.3. The molecule has 2 amide bonds.